The van der Waals surface area contributed by atoms with Gasteiger partial charge in [-0.2, -0.15) is 4.80 Å². The largest absolute Gasteiger partial charge is 0.366 e. The molecule has 10 nitrogen and oxygen atoms in total. The quantitative estimate of drug-likeness (QED) is 0.235. The summed E-state index contributed by atoms with van der Waals surface area (Å²) in [5.74, 6) is -0.532. The van der Waals surface area contributed by atoms with Crippen LogP contribution in [0.25, 0.3) is 16.7 Å². The molecule has 2 heterocycles. The molecule has 11 heteroatoms. The number of nitrogens with one attached hydrogen (secondary N) is 2. The molecule has 0 radical (unpaired) electrons. The van der Waals surface area contributed by atoms with Crippen molar-refractivity contribution in [1.29, 1.82) is 0 Å². The molecule has 1 aromatic heterocycles. The van der Waals surface area contributed by atoms with Crippen LogP contribution in [-0.2, 0) is 0 Å². The first-order valence-corrected chi connectivity index (χ1v) is 11.9. The summed E-state index contributed by atoms with van der Waals surface area (Å²) in [6, 6.07) is 17.7. The number of rotatable bonds is 5. The summed E-state index contributed by atoms with van der Waals surface area (Å²) in [6.07, 6.45) is 1.99. The van der Waals surface area contributed by atoms with Gasteiger partial charge in [-0.25, -0.2) is 0 Å². The summed E-state index contributed by atoms with van der Waals surface area (Å²) >= 11 is 5.30. The number of thiocarbonyl (C=S) groups is 1. The van der Waals surface area contributed by atoms with Gasteiger partial charge >= 0.3 is 0 Å². The van der Waals surface area contributed by atoms with Gasteiger partial charge in [-0.15, -0.1) is 10.2 Å². The molecule has 0 spiro atoms. The Morgan fingerprint density at radius 3 is 2.44 bits per heavy atom. The van der Waals surface area contributed by atoms with Crippen molar-refractivity contribution in [1.82, 2.24) is 20.3 Å². The summed E-state index contributed by atoms with van der Waals surface area (Å²) in [4.78, 5) is 27.4. The van der Waals surface area contributed by atoms with Crippen LogP contribution >= 0.6 is 12.2 Å². The van der Waals surface area contributed by atoms with Gasteiger partial charge in [0.2, 0.25) is 0 Å². The fourth-order valence-electron chi connectivity index (χ4n) is 4.16. The summed E-state index contributed by atoms with van der Waals surface area (Å²) in [5.41, 5.74) is 4.58. The van der Waals surface area contributed by atoms with Crippen LogP contribution in [0.2, 0.25) is 0 Å². The number of hydrogen-bond donors (Lipinski definition) is 2. The van der Waals surface area contributed by atoms with E-state index in [4.69, 9.17) is 12.2 Å². The SMILES string of the molecule is Cc1ccc(-n2nc3ccc(NC(=S)NC(=O)c4ccc(N5CCCC5)c([N+](=O)[O-])c4)cc3n2)cc1. The van der Waals surface area contributed by atoms with Crippen LogP contribution in [0.3, 0.4) is 0 Å². The Labute approximate surface area is 212 Å². The van der Waals surface area contributed by atoms with Crippen molar-refractivity contribution >= 4 is 51.3 Å². The van der Waals surface area contributed by atoms with Crippen molar-refractivity contribution in [3.8, 4) is 5.69 Å². The summed E-state index contributed by atoms with van der Waals surface area (Å²) in [6.45, 7) is 3.55. The zero-order valence-electron chi connectivity index (χ0n) is 19.5. The average molecular weight is 502 g/mol. The lowest BCUT2D eigenvalue weighted by Crippen LogP contribution is -2.34. The maximum atomic E-state index is 12.7. The molecule has 0 unspecified atom stereocenters. The summed E-state index contributed by atoms with van der Waals surface area (Å²) < 4.78 is 0. The van der Waals surface area contributed by atoms with Crippen LogP contribution in [0, 0.1) is 17.0 Å². The minimum absolute atomic E-state index is 0.0662. The third kappa shape index (κ3) is 4.86. The Kier molecular flexibility index (Phi) is 6.30. The highest BCUT2D eigenvalue weighted by Gasteiger charge is 2.24. The minimum Gasteiger partial charge on any atom is -0.366 e. The number of benzene rings is 3. The molecule has 0 aliphatic carbocycles. The number of aryl methyl sites for hydroxylation is 1. The van der Waals surface area contributed by atoms with E-state index in [1.165, 1.54) is 6.07 Å². The number of nitro groups is 1. The second-order valence-electron chi connectivity index (χ2n) is 8.59. The van der Waals surface area contributed by atoms with Crippen molar-refractivity contribution in [2.75, 3.05) is 23.3 Å². The van der Waals surface area contributed by atoms with Crippen LogP contribution in [0.15, 0.2) is 60.7 Å². The highest BCUT2D eigenvalue weighted by molar-refractivity contribution is 7.80. The first-order chi connectivity index (χ1) is 17.4. The molecule has 5 rings (SSSR count). The van der Waals surface area contributed by atoms with E-state index >= 15 is 0 Å². The number of anilines is 2. The van der Waals surface area contributed by atoms with Gasteiger partial charge in [0, 0.05) is 30.4 Å². The van der Waals surface area contributed by atoms with Crippen LogP contribution in [0.1, 0.15) is 28.8 Å². The third-order valence-corrected chi connectivity index (χ3v) is 6.22. The van der Waals surface area contributed by atoms with E-state index in [-0.39, 0.29) is 16.4 Å². The third-order valence-electron chi connectivity index (χ3n) is 6.01. The first kappa shape index (κ1) is 23.4. The molecule has 3 aromatic carbocycles. The molecular weight excluding hydrogens is 478 g/mol. The summed E-state index contributed by atoms with van der Waals surface area (Å²) in [7, 11) is 0. The summed E-state index contributed by atoms with van der Waals surface area (Å²) in [5, 5.41) is 26.3. The second kappa shape index (κ2) is 9.70. The molecule has 1 aliphatic rings. The standard InChI is InChI=1S/C25H23N7O3S/c1-16-4-8-19(9-5-16)31-28-20-10-7-18(15-21(20)29-31)26-25(36)27-24(33)17-6-11-22(23(14-17)32(34)35)30-12-2-3-13-30/h4-11,14-15H,2-3,12-13H2,1H3,(H2,26,27,33,36). The smallest absolute Gasteiger partial charge is 0.293 e. The Balaban J connectivity index is 1.28. The van der Waals surface area contributed by atoms with Crippen molar-refractivity contribution in [3.05, 3.63) is 81.9 Å². The number of nitrogens with zero attached hydrogens (tertiary/aromatic N) is 5. The fraction of sp³-hybridized carbons (Fsp3) is 0.200. The van der Waals surface area contributed by atoms with Crippen LogP contribution in [-0.4, -0.2) is 44.0 Å². The van der Waals surface area contributed by atoms with Crippen molar-refractivity contribution in [3.63, 3.8) is 0 Å². The van der Waals surface area contributed by atoms with Gasteiger partial charge < -0.3 is 10.2 Å². The van der Waals surface area contributed by atoms with Gasteiger partial charge in [-0.05, 0) is 74.4 Å². The van der Waals surface area contributed by atoms with Gasteiger partial charge in [0.05, 0.1) is 10.6 Å². The van der Waals surface area contributed by atoms with E-state index in [9.17, 15) is 14.9 Å². The highest BCUT2D eigenvalue weighted by Crippen LogP contribution is 2.31. The number of fused-ring (bicyclic) bond motifs is 1. The molecule has 1 amide bonds. The molecule has 2 N–H and O–H groups in total. The molecule has 0 atom stereocenters. The van der Waals surface area contributed by atoms with Crippen LogP contribution in [0.4, 0.5) is 17.1 Å². The molecule has 1 saturated heterocycles. The molecule has 4 aromatic rings. The van der Waals surface area contributed by atoms with E-state index < -0.39 is 10.8 Å². The van der Waals surface area contributed by atoms with Gasteiger partial charge in [0.15, 0.2) is 5.11 Å². The molecule has 36 heavy (non-hydrogen) atoms. The predicted molar refractivity (Wildman–Crippen MR) is 142 cm³/mol. The lowest BCUT2D eigenvalue weighted by molar-refractivity contribution is -0.384. The lowest BCUT2D eigenvalue weighted by atomic mass is 10.1. The monoisotopic (exact) mass is 501 g/mol. The topological polar surface area (TPSA) is 118 Å². The number of aromatic nitrogens is 3. The highest BCUT2D eigenvalue weighted by atomic mass is 32.1. The van der Waals surface area contributed by atoms with Crippen LogP contribution in [0.5, 0.6) is 0 Å². The molecule has 182 valence electrons. The minimum atomic E-state index is -0.532. The molecule has 1 aliphatic heterocycles. The number of amides is 1. The lowest BCUT2D eigenvalue weighted by Gasteiger charge is -2.18. The van der Waals surface area contributed by atoms with Gasteiger partial charge in [-0.1, -0.05) is 17.7 Å². The van der Waals surface area contributed by atoms with Gasteiger partial charge in [-0.3, -0.25) is 20.2 Å². The fourth-order valence-corrected chi connectivity index (χ4v) is 4.37. The maximum absolute atomic E-state index is 12.7. The van der Waals surface area contributed by atoms with Crippen molar-refractivity contribution in [2.45, 2.75) is 19.8 Å². The van der Waals surface area contributed by atoms with Crippen molar-refractivity contribution in [2.24, 2.45) is 0 Å². The van der Waals surface area contributed by atoms with Gasteiger partial charge in [0.1, 0.15) is 16.7 Å². The molecule has 0 saturated carbocycles. The number of hydrogen-bond acceptors (Lipinski definition) is 7. The molecule has 1 fully saturated rings. The van der Waals surface area contributed by atoms with Crippen molar-refractivity contribution < 1.29 is 9.72 Å². The van der Waals surface area contributed by atoms with E-state index in [0.29, 0.717) is 22.4 Å². The van der Waals surface area contributed by atoms with E-state index in [2.05, 4.69) is 20.8 Å². The van der Waals surface area contributed by atoms with E-state index in [1.807, 2.05) is 36.1 Å². The number of carbonyl (C=O) groups excluding carboxylic acids is 1. The molecule has 0 bridgehead atoms. The average Bonchev–Trinajstić information content (AvgIpc) is 3.54. The molecular formula is C25H23N7O3S. The second-order valence-corrected chi connectivity index (χ2v) is 9.00. The Morgan fingerprint density at radius 1 is 1.00 bits per heavy atom. The van der Waals surface area contributed by atoms with Gasteiger partial charge in [0.25, 0.3) is 11.6 Å². The Hall–Kier alpha value is -4.38. The zero-order chi connectivity index (χ0) is 25.2. The number of carbonyl (C=O) groups is 1. The Morgan fingerprint density at radius 2 is 1.72 bits per heavy atom. The zero-order valence-corrected chi connectivity index (χ0v) is 20.3. The maximum Gasteiger partial charge on any atom is 0.293 e. The normalized spacial score (nSPS) is 13.1. The number of nitro benzene ring substituents is 1. The first-order valence-electron chi connectivity index (χ1n) is 11.5. The Bertz CT molecular complexity index is 1480. The van der Waals surface area contributed by atoms with E-state index in [1.54, 1.807) is 35.1 Å². The predicted octanol–water partition coefficient (Wildman–Crippen LogP) is 4.36. The van der Waals surface area contributed by atoms with Crippen LogP contribution < -0.4 is 15.5 Å². The van der Waals surface area contributed by atoms with E-state index in [0.717, 1.165) is 37.2 Å².